The van der Waals surface area contributed by atoms with Crippen LogP contribution in [-0.4, -0.2) is 11.4 Å². The van der Waals surface area contributed by atoms with Gasteiger partial charge in [0.1, 0.15) is 5.54 Å². The molecule has 0 atom stereocenters. The fourth-order valence-electron chi connectivity index (χ4n) is 2.35. The van der Waals surface area contributed by atoms with Gasteiger partial charge in [0, 0.05) is 0 Å². The summed E-state index contributed by atoms with van der Waals surface area (Å²) in [5.74, 6) is -0.257. The minimum absolute atomic E-state index is 0.257. The van der Waals surface area contributed by atoms with Crippen LogP contribution in [0.25, 0.3) is 0 Å². The van der Waals surface area contributed by atoms with E-state index >= 15 is 0 Å². The molecule has 1 saturated carbocycles. The van der Waals surface area contributed by atoms with E-state index in [0.29, 0.717) is 10.6 Å². The quantitative estimate of drug-likeness (QED) is 0.890. The molecular formula is C14H15ClN2O. The summed E-state index contributed by atoms with van der Waals surface area (Å²) in [6.07, 6.45) is 3.40. The van der Waals surface area contributed by atoms with Gasteiger partial charge in [-0.1, -0.05) is 23.7 Å². The topological polar surface area (TPSA) is 52.9 Å². The second-order valence-corrected chi connectivity index (χ2v) is 5.17. The van der Waals surface area contributed by atoms with Gasteiger partial charge in [-0.05, 0) is 44.2 Å². The Morgan fingerprint density at radius 1 is 1.44 bits per heavy atom. The highest BCUT2D eigenvalue weighted by Gasteiger charge is 2.35. The number of nitriles is 1. The van der Waals surface area contributed by atoms with Crippen LogP contribution >= 0.6 is 11.6 Å². The number of hydrogen-bond donors (Lipinski definition) is 1. The predicted octanol–water partition coefficient (Wildman–Crippen LogP) is 3.21. The Hall–Kier alpha value is -1.53. The van der Waals surface area contributed by atoms with Crippen LogP contribution in [0.15, 0.2) is 18.2 Å². The third-order valence-corrected chi connectivity index (χ3v) is 3.96. The molecule has 18 heavy (non-hydrogen) atoms. The lowest BCUT2D eigenvalue weighted by Gasteiger charge is -2.22. The summed E-state index contributed by atoms with van der Waals surface area (Å²) in [5.41, 5.74) is 0.601. The first-order valence-electron chi connectivity index (χ1n) is 6.07. The molecule has 0 unspecified atom stereocenters. The van der Waals surface area contributed by atoms with Crippen molar-refractivity contribution in [3.05, 3.63) is 34.3 Å². The van der Waals surface area contributed by atoms with Crippen LogP contribution in [0.3, 0.4) is 0 Å². The lowest BCUT2D eigenvalue weighted by atomic mass is 9.99. The van der Waals surface area contributed by atoms with Crippen molar-refractivity contribution in [2.75, 3.05) is 0 Å². The van der Waals surface area contributed by atoms with E-state index in [1.54, 1.807) is 12.1 Å². The second-order valence-electron chi connectivity index (χ2n) is 4.79. The molecule has 3 nitrogen and oxygen atoms in total. The molecule has 1 aromatic carbocycles. The SMILES string of the molecule is Cc1cccc(C(=O)NC2(C#N)CCCC2)c1Cl. The number of benzene rings is 1. The Morgan fingerprint density at radius 2 is 2.11 bits per heavy atom. The van der Waals surface area contributed by atoms with Crippen LogP contribution in [-0.2, 0) is 0 Å². The zero-order valence-electron chi connectivity index (χ0n) is 10.3. The molecule has 1 N–H and O–H groups in total. The first-order valence-corrected chi connectivity index (χ1v) is 6.45. The summed E-state index contributed by atoms with van der Waals surface area (Å²) in [7, 11) is 0. The molecule has 1 aliphatic carbocycles. The lowest BCUT2D eigenvalue weighted by Crippen LogP contribution is -2.45. The lowest BCUT2D eigenvalue weighted by molar-refractivity contribution is 0.0921. The molecule has 0 saturated heterocycles. The molecule has 0 bridgehead atoms. The summed E-state index contributed by atoms with van der Waals surface area (Å²) in [5, 5.41) is 12.5. The van der Waals surface area contributed by atoms with Crippen molar-refractivity contribution in [3.8, 4) is 6.07 Å². The Labute approximate surface area is 112 Å². The number of carbonyl (C=O) groups excluding carboxylic acids is 1. The molecule has 1 fully saturated rings. The molecule has 0 spiro atoms. The molecule has 0 aliphatic heterocycles. The zero-order chi connectivity index (χ0) is 13.2. The number of nitrogens with one attached hydrogen (secondary N) is 1. The van der Waals surface area contributed by atoms with Gasteiger partial charge in [0.05, 0.1) is 16.7 Å². The molecule has 0 heterocycles. The first kappa shape index (κ1) is 12.9. The Balaban J connectivity index is 2.22. The molecule has 1 aromatic rings. The van der Waals surface area contributed by atoms with Crippen molar-refractivity contribution in [2.24, 2.45) is 0 Å². The number of aryl methyl sites for hydroxylation is 1. The monoisotopic (exact) mass is 262 g/mol. The van der Waals surface area contributed by atoms with Crippen LogP contribution in [0.2, 0.25) is 5.02 Å². The van der Waals surface area contributed by atoms with E-state index in [4.69, 9.17) is 11.6 Å². The summed E-state index contributed by atoms with van der Waals surface area (Å²) in [6, 6.07) is 7.57. The number of rotatable bonds is 2. The van der Waals surface area contributed by atoms with Crippen LogP contribution in [0.4, 0.5) is 0 Å². The number of amides is 1. The van der Waals surface area contributed by atoms with Gasteiger partial charge < -0.3 is 5.32 Å². The van der Waals surface area contributed by atoms with Crippen molar-refractivity contribution in [3.63, 3.8) is 0 Å². The van der Waals surface area contributed by atoms with Gasteiger partial charge in [0.15, 0.2) is 0 Å². The maximum atomic E-state index is 12.2. The van der Waals surface area contributed by atoms with Crippen LogP contribution in [0.5, 0.6) is 0 Å². The average molecular weight is 263 g/mol. The third-order valence-electron chi connectivity index (χ3n) is 3.46. The van der Waals surface area contributed by atoms with Crippen molar-refractivity contribution in [2.45, 2.75) is 38.1 Å². The summed E-state index contributed by atoms with van der Waals surface area (Å²) >= 11 is 6.12. The normalized spacial score (nSPS) is 17.2. The molecule has 0 radical (unpaired) electrons. The van der Waals surface area contributed by atoms with E-state index in [2.05, 4.69) is 11.4 Å². The smallest absolute Gasteiger partial charge is 0.254 e. The van der Waals surface area contributed by atoms with Gasteiger partial charge >= 0.3 is 0 Å². The summed E-state index contributed by atoms with van der Waals surface area (Å²) in [6.45, 7) is 1.86. The highest BCUT2D eigenvalue weighted by Crippen LogP contribution is 2.30. The maximum Gasteiger partial charge on any atom is 0.254 e. The Morgan fingerprint density at radius 3 is 2.72 bits per heavy atom. The zero-order valence-corrected chi connectivity index (χ0v) is 11.0. The average Bonchev–Trinajstić information content (AvgIpc) is 2.81. The third kappa shape index (κ3) is 2.34. The molecule has 2 rings (SSSR count). The van der Waals surface area contributed by atoms with E-state index in [1.165, 1.54) is 0 Å². The van der Waals surface area contributed by atoms with Gasteiger partial charge in [0.25, 0.3) is 5.91 Å². The highest BCUT2D eigenvalue weighted by atomic mass is 35.5. The van der Waals surface area contributed by atoms with Gasteiger partial charge in [-0.25, -0.2) is 0 Å². The molecule has 94 valence electrons. The Bertz CT molecular complexity index is 513. The van der Waals surface area contributed by atoms with Crippen LogP contribution in [0, 0.1) is 18.3 Å². The van der Waals surface area contributed by atoms with E-state index < -0.39 is 5.54 Å². The summed E-state index contributed by atoms with van der Waals surface area (Å²) < 4.78 is 0. The fraction of sp³-hybridized carbons (Fsp3) is 0.429. The predicted molar refractivity (Wildman–Crippen MR) is 70.5 cm³/mol. The van der Waals surface area contributed by atoms with Crippen LogP contribution in [0.1, 0.15) is 41.6 Å². The van der Waals surface area contributed by atoms with Crippen molar-refractivity contribution in [1.82, 2.24) is 5.32 Å². The Kier molecular flexibility index (Phi) is 3.58. The molecule has 1 aliphatic rings. The van der Waals surface area contributed by atoms with Crippen molar-refractivity contribution < 1.29 is 4.79 Å². The number of carbonyl (C=O) groups is 1. The molecular weight excluding hydrogens is 248 g/mol. The molecule has 0 aromatic heterocycles. The maximum absolute atomic E-state index is 12.2. The molecule has 1 amide bonds. The molecule has 4 heteroatoms. The standard InChI is InChI=1S/C14H15ClN2O/c1-10-5-4-6-11(12(10)15)13(18)17-14(9-16)7-2-3-8-14/h4-6H,2-3,7-8H2,1H3,(H,17,18). The largest absolute Gasteiger partial charge is 0.334 e. The minimum atomic E-state index is -0.704. The number of hydrogen-bond acceptors (Lipinski definition) is 2. The fourth-order valence-corrected chi connectivity index (χ4v) is 2.56. The van der Waals surface area contributed by atoms with E-state index in [-0.39, 0.29) is 5.91 Å². The minimum Gasteiger partial charge on any atom is -0.334 e. The number of nitrogens with zero attached hydrogens (tertiary/aromatic N) is 1. The van der Waals surface area contributed by atoms with E-state index in [1.807, 2.05) is 13.0 Å². The van der Waals surface area contributed by atoms with Gasteiger partial charge in [-0.15, -0.1) is 0 Å². The number of halogens is 1. The van der Waals surface area contributed by atoms with Crippen molar-refractivity contribution in [1.29, 1.82) is 5.26 Å². The van der Waals surface area contributed by atoms with E-state index in [0.717, 1.165) is 31.2 Å². The van der Waals surface area contributed by atoms with Crippen LogP contribution < -0.4 is 5.32 Å². The highest BCUT2D eigenvalue weighted by molar-refractivity contribution is 6.34. The van der Waals surface area contributed by atoms with Gasteiger partial charge in [0.2, 0.25) is 0 Å². The second kappa shape index (κ2) is 4.99. The van der Waals surface area contributed by atoms with E-state index in [9.17, 15) is 10.1 Å². The van der Waals surface area contributed by atoms with Gasteiger partial charge in [-0.2, -0.15) is 5.26 Å². The van der Waals surface area contributed by atoms with Gasteiger partial charge in [-0.3, -0.25) is 4.79 Å². The first-order chi connectivity index (χ1) is 8.58. The van der Waals surface area contributed by atoms with Crippen molar-refractivity contribution >= 4 is 17.5 Å². The summed E-state index contributed by atoms with van der Waals surface area (Å²) in [4.78, 5) is 12.2.